The number of amides is 1. The van der Waals surface area contributed by atoms with Gasteiger partial charge in [-0.15, -0.1) is 16.4 Å². The Labute approximate surface area is 150 Å². The van der Waals surface area contributed by atoms with Gasteiger partial charge in [-0.05, 0) is 30.5 Å². The van der Waals surface area contributed by atoms with Crippen molar-refractivity contribution >= 4 is 17.2 Å². The molecule has 0 aliphatic carbocycles. The molecule has 2 heterocycles. The zero-order valence-electron chi connectivity index (χ0n) is 14.4. The number of carbonyl (C=O) groups excluding carboxylic acids is 1. The highest BCUT2D eigenvalue weighted by Crippen LogP contribution is 2.19. The van der Waals surface area contributed by atoms with Crippen LogP contribution in [0.4, 0.5) is 0 Å². The van der Waals surface area contributed by atoms with E-state index in [-0.39, 0.29) is 11.9 Å². The monoisotopic (exact) mass is 356 g/mol. The van der Waals surface area contributed by atoms with Crippen LogP contribution in [0.1, 0.15) is 22.2 Å². The molecule has 1 atom stereocenters. The SMILES string of the molecule is COc1nc(-c2cccc(C(=O)N[C@H](C)Cc3cccs3)c2)nn1C. The molecule has 0 radical (unpaired) electrons. The van der Waals surface area contributed by atoms with Gasteiger partial charge in [0.1, 0.15) is 0 Å². The number of nitrogens with one attached hydrogen (secondary N) is 1. The molecule has 1 N–H and O–H groups in total. The second kappa shape index (κ2) is 7.48. The van der Waals surface area contributed by atoms with Crippen molar-refractivity contribution in [1.82, 2.24) is 20.1 Å². The number of aromatic nitrogens is 3. The Morgan fingerprint density at radius 1 is 1.36 bits per heavy atom. The minimum absolute atomic E-state index is 0.0582. The molecule has 3 rings (SSSR count). The normalized spacial score (nSPS) is 12.0. The zero-order chi connectivity index (χ0) is 17.8. The smallest absolute Gasteiger partial charge is 0.314 e. The molecule has 0 fully saturated rings. The van der Waals surface area contributed by atoms with Gasteiger partial charge in [-0.1, -0.05) is 18.2 Å². The predicted molar refractivity (Wildman–Crippen MR) is 97.9 cm³/mol. The van der Waals surface area contributed by atoms with Gasteiger partial charge in [-0.2, -0.15) is 4.98 Å². The van der Waals surface area contributed by atoms with Crippen LogP contribution < -0.4 is 10.1 Å². The topological polar surface area (TPSA) is 69.0 Å². The molecule has 0 bridgehead atoms. The molecule has 0 saturated heterocycles. The largest absolute Gasteiger partial charge is 0.467 e. The maximum atomic E-state index is 12.5. The minimum Gasteiger partial charge on any atom is -0.467 e. The molecule has 25 heavy (non-hydrogen) atoms. The van der Waals surface area contributed by atoms with Crippen LogP contribution >= 0.6 is 11.3 Å². The Morgan fingerprint density at radius 3 is 2.88 bits per heavy atom. The third kappa shape index (κ3) is 4.06. The third-order valence-electron chi connectivity index (χ3n) is 3.75. The van der Waals surface area contributed by atoms with Crippen LogP contribution in [0.3, 0.4) is 0 Å². The van der Waals surface area contributed by atoms with E-state index in [0.29, 0.717) is 17.4 Å². The highest BCUT2D eigenvalue weighted by molar-refractivity contribution is 7.09. The lowest BCUT2D eigenvalue weighted by atomic mass is 10.1. The summed E-state index contributed by atoms with van der Waals surface area (Å²) in [5.41, 5.74) is 1.36. The Bertz CT molecular complexity index is 858. The number of methoxy groups -OCH3 is 1. The van der Waals surface area contributed by atoms with Gasteiger partial charge in [0, 0.05) is 35.5 Å². The first-order valence-electron chi connectivity index (χ1n) is 7.95. The first-order chi connectivity index (χ1) is 12.1. The van der Waals surface area contributed by atoms with Crippen LogP contribution in [0.2, 0.25) is 0 Å². The number of hydrogen-bond acceptors (Lipinski definition) is 5. The van der Waals surface area contributed by atoms with E-state index in [1.54, 1.807) is 42.3 Å². The molecular formula is C18H20N4O2S. The molecule has 2 aromatic heterocycles. The molecule has 0 aliphatic heterocycles. The van der Waals surface area contributed by atoms with Crippen LogP contribution in [0.5, 0.6) is 6.01 Å². The fourth-order valence-corrected chi connectivity index (χ4v) is 3.39. The van der Waals surface area contributed by atoms with Gasteiger partial charge in [-0.25, -0.2) is 4.68 Å². The maximum absolute atomic E-state index is 12.5. The summed E-state index contributed by atoms with van der Waals surface area (Å²) in [5, 5.41) is 9.39. The van der Waals surface area contributed by atoms with E-state index >= 15 is 0 Å². The number of aryl methyl sites for hydroxylation is 1. The van der Waals surface area contributed by atoms with Crippen molar-refractivity contribution in [2.45, 2.75) is 19.4 Å². The molecule has 1 aromatic carbocycles. The van der Waals surface area contributed by atoms with Gasteiger partial charge >= 0.3 is 6.01 Å². The quantitative estimate of drug-likeness (QED) is 0.737. The number of rotatable bonds is 6. The summed E-state index contributed by atoms with van der Waals surface area (Å²) < 4.78 is 6.70. The van der Waals surface area contributed by atoms with Crippen LogP contribution in [-0.4, -0.2) is 33.8 Å². The molecule has 0 spiro atoms. The summed E-state index contributed by atoms with van der Waals surface area (Å²) in [7, 11) is 3.31. The molecule has 1 amide bonds. The molecule has 0 unspecified atom stereocenters. The van der Waals surface area contributed by atoms with Gasteiger partial charge < -0.3 is 10.1 Å². The van der Waals surface area contributed by atoms with Crippen LogP contribution in [0.15, 0.2) is 41.8 Å². The standard InChI is InChI=1S/C18H20N4O2S/c1-12(10-15-8-5-9-25-15)19-17(23)14-7-4-6-13(11-14)16-20-18(24-3)22(2)21-16/h4-9,11-12H,10H2,1-3H3,(H,19,23)/t12-/m1/s1. The molecule has 0 aliphatic rings. The summed E-state index contributed by atoms with van der Waals surface area (Å²) >= 11 is 1.70. The van der Waals surface area contributed by atoms with Crippen LogP contribution in [-0.2, 0) is 13.5 Å². The zero-order valence-corrected chi connectivity index (χ0v) is 15.2. The average molecular weight is 356 g/mol. The molecule has 6 nitrogen and oxygen atoms in total. The van der Waals surface area contributed by atoms with Gasteiger partial charge in [0.15, 0.2) is 5.82 Å². The highest BCUT2D eigenvalue weighted by Gasteiger charge is 2.14. The van der Waals surface area contributed by atoms with Crippen molar-refractivity contribution in [3.8, 4) is 17.4 Å². The predicted octanol–water partition coefficient (Wildman–Crippen LogP) is 2.91. The summed E-state index contributed by atoms with van der Waals surface area (Å²) in [6.45, 7) is 2.01. The minimum atomic E-state index is -0.103. The van der Waals surface area contributed by atoms with Gasteiger partial charge in [0.25, 0.3) is 5.91 Å². The molecular weight excluding hydrogens is 336 g/mol. The van der Waals surface area contributed by atoms with E-state index in [0.717, 1.165) is 12.0 Å². The van der Waals surface area contributed by atoms with E-state index in [9.17, 15) is 4.79 Å². The number of nitrogens with zero attached hydrogens (tertiary/aromatic N) is 3. The Hall–Kier alpha value is -2.67. The Morgan fingerprint density at radius 2 is 2.20 bits per heavy atom. The average Bonchev–Trinajstić information content (AvgIpc) is 3.24. The molecule has 130 valence electrons. The van der Waals surface area contributed by atoms with E-state index in [4.69, 9.17) is 4.74 Å². The summed E-state index contributed by atoms with van der Waals surface area (Å²) in [6.07, 6.45) is 0.822. The number of benzene rings is 1. The maximum Gasteiger partial charge on any atom is 0.314 e. The number of carbonyl (C=O) groups is 1. The van der Waals surface area contributed by atoms with Crippen molar-refractivity contribution in [2.75, 3.05) is 7.11 Å². The molecule has 3 aromatic rings. The highest BCUT2D eigenvalue weighted by atomic mass is 32.1. The van der Waals surface area contributed by atoms with Crippen LogP contribution in [0.25, 0.3) is 11.4 Å². The lowest BCUT2D eigenvalue weighted by molar-refractivity contribution is 0.0940. The van der Waals surface area contributed by atoms with E-state index in [1.807, 2.05) is 30.5 Å². The van der Waals surface area contributed by atoms with Crippen molar-refractivity contribution in [2.24, 2.45) is 7.05 Å². The van der Waals surface area contributed by atoms with Crippen molar-refractivity contribution in [3.63, 3.8) is 0 Å². The van der Waals surface area contributed by atoms with Gasteiger partial charge in [0.05, 0.1) is 7.11 Å². The van der Waals surface area contributed by atoms with E-state index in [1.165, 1.54) is 4.88 Å². The third-order valence-corrected chi connectivity index (χ3v) is 4.65. The van der Waals surface area contributed by atoms with Gasteiger partial charge in [-0.3, -0.25) is 4.79 Å². The second-order valence-electron chi connectivity index (χ2n) is 5.78. The number of thiophene rings is 1. The first-order valence-corrected chi connectivity index (χ1v) is 8.83. The lowest BCUT2D eigenvalue weighted by Crippen LogP contribution is -2.33. The first kappa shape index (κ1) is 17.2. The van der Waals surface area contributed by atoms with Crippen molar-refractivity contribution < 1.29 is 9.53 Å². The number of ether oxygens (including phenoxy) is 1. The Balaban J connectivity index is 1.72. The number of hydrogen-bond donors (Lipinski definition) is 1. The molecule has 7 heteroatoms. The van der Waals surface area contributed by atoms with Crippen molar-refractivity contribution in [3.05, 3.63) is 52.2 Å². The van der Waals surface area contributed by atoms with E-state index in [2.05, 4.69) is 21.5 Å². The lowest BCUT2D eigenvalue weighted by Gasteiger charge is -2.13. The Kier molecular flexibility index (Phi) is 5.14. The molecule has 0 saturated carbocycles. The van der Waals surface area contributed by atoms with Gasteiger partial charge in [0.2, 0.25) is 0 Å². The summed E-state index contributed by atoms with van der Waals surface area (Å²) in [4.78, 5) is 18.1. The second-order valence-corrected chi connectivity index (χ2v) is 6.82. The summed E-state index contributed by atoms with van der Waals surface area (Å²) in [5.74, 6) is 0.425. The van der Waals surface area contributed by atoms with E-state index < -0.39 is 0 Å². The summed E-state index contributed by atoms with van der Waals surface area (Å²) in [6, 6.07) is 11.9. The van der Waals surface area contributed by atoms with Crippen LogP contribution in [0, 0.1) is 0 Å². The van der Waals surface area contributed by atoms with Crippen molar-refractivity contribution in [1.29, 1.82) is 0 Å². The fraction of sp³-hybridized carbons (Fsp3) is 0.278. The fourth-order valence-electron chi connectivity index (χ4n) is 2.56.